The maximum atomic E-state index is 12.7. The highest BCUT2D eigenvalue weighted by Crippen LogP contribution is 2.44. The topological polar surface area (TPSA) is 143 Å². The number of amides is 3. The maximum Gasteiger partial charge on any atom is 0.408 e. The number of carboxylic acids is 1. The van der Waals surface area contributed by atoms with E-state index in [4.69, 9.17) is 14.6 Å². The summed E-state index contributed by atoms with van der Waals surface area (Å²) >= 11 is 0. The SMILES string of the molecule is COCC(C)(NC(=O)OCC1c2ccccc2-c2ccccc21)C(=O)NCC(=O)NCC(=O)O. The maximum absolute atomic E-state index is 12.7. The molecule has 4 N–H and O–H groups in total. The third kappa shape index (κ3) is 5.70. The Morgan fingerprint density at radius 3 is 2.09 bits per heavy atom. The van der Waals surface area contributed by atoms with Crippen LogP contribution in [0.15, 0.2) is 48.5 Å². The van der Waals surface area contributed by atoms with Gasteiger partial charge in [-0.1, -0.05) is 48.5 Å². The minimum absolute atomic E-state index is 0.0716. The molecule has 1 atom stereocenters. The average Bonchev–Trinajstić information content (AvgIpc) is 3.13. The normalized spacial score (nSPS) is 13.7. The number of nitrogens with one attached hydrogen (secondary N) is 3. The second-order valence-corrected chi connectivity index (χ2v) is 8.07. The van der Waals surface area contributed by atoms with Crippen LogP contribution in [0, 0.1) is 0 Å². The summed E-state index contributed by atoms with van der Waals surface area (Å²) in [6.07, 6.45) is -0.813. The van der Waals surface area contributed by atoms with Gasteiger partial charge in [0.25, 0.3) is 0 Å². The third-order valence-electron chi connectivity index (χ3n) is 5.50. The van der Waals surface area contributed by atoms with Gasteiger partial charge in [-0.3, -0.25) is 14.4 Å². The Morgan fingerprint density at radius 1 is 0.941 bits per heavy atom. The zero-order valence-corrected chi connectivity index (χ0v) is 18.9. The quantitative estimate of drug-likeness (QED) is 0.410. The van der Waals surface area contributed by atoms with Crippen molar-refractivity contribution in [3.63, 3.8) is 0 Å². The van der Waals surface area contributed by atoms with Gasteiger partial charge in [0.05, 0.1) is 13.2 Å². The Bertz CT molecular complexity index is 1040. The van der Waals surface area contributed by atoms with Crippen molar-refractivity contribution in [3.05, 3.63) is 59.7 Å². The molecule has 1 aliphatic rings. The summed E-state index contributed by atoms with van der Waals surface area (Å²) in [4.78, 5) is 47.5. The van der Waals surface area contributed by atoms with E-state index in [1.807, 2.05) is 48.5 Å². The van der Waals surface area contributed by atoms with Crippen molar-refractivity contribution in [2.24, 2.45) is 0 Å². The molecule has 2 aromatic rings. The Kier molecular flexibility index (Phi) is 7.85. The van der Waals surface area contributed by atoms with E-state index in [2.05, 4.69) is 16.0 Å². The largest absolute Gasteiger partial charge is 0.480 e. The number of aliphatic carboxylic acids is 1. The van der Waals surface area contributed by atoms with Crippen LogP contribution in [0.3, 0.4) is 0 Å². The van der Waals surface area contributed by atoms with Gasteiger partial charge in [0, 0.05) is 13.0 Å². The van der Waals surface area contributed by atoms with Gasteiger partial charge in [-0.15, -0.1) is 0 Å². The summed E-state index contributed by atoms with van der Waals surface area (Å²) in [5, 5.41) is 15.6. The van der Waals surface area contributed by atoms with Gasteiger partial charge in [-0.05, 0) is 29.2 Å². The standard InChI is InChI=1S/C24H27N3O7/c1-24(14-33-2,22(31)26-11-20(28)25-12-21(29)30)27-23(32)34-13-19-17-9-5-3-7-15(17)16-8-4-6-10-18(16)19/h3-10,19H,11-14H2,1-2H3,(H,25,28)(H,26,31)(H,27,32)(H,29,30). The molecule has 10 nitrogen and oxygen atoms in total. The number of benzene rings is 2. The smallest absolute Gasteiger partial charge is 0.408 e. The van der Waals surface area contributed by atoms with Gasteiger partial charge in [0.15, 0.2) is 0 Å². The molecule has 0 radical (unpaired) electrons. The molecule has 3 amide bonds. The summed E-state index contributed by atoms with van der Waals surface area (Å²) in [5.41, 5.74) is 2.78. The van der Waals surface area contributed by atoms with Crippen LogP contribution in [0.25, 0.3) is 11.1 Å². The highest BCUT2D eigenvalue weighted by molar-refractivity contribution is 5.93. The molecule has 0 aliphatic heterocycles. The monoisotopic (exact) mass is 469 g/mol. The fourth-order valence-corrected chi connectivity index (χ4v) is 3.90. The van der Waals surface area contributed by atoms with Crippen LogP contribution in [0.5, 0.6) is 0 Å². The number of carbonyl (C=O) groups excluding carboxylic acids is 3. The van der Waals surface area contributed by atoms with Crippen LogP contribution in [0.2, 0.25) is 0 Å². The number of rotatable bonds is 10. The molecule has 2 aromatic carbocycles. The van der Waals surface area contributed by atoms with Crippen molar-refractivity contribution in [1.29, 1.82) is 0 Å². The lowest BCUT2D eigenvalue weighted by Crippen LogP contribution is -2.60. The van der Waals surface area contributed by atoms with Crippen LogP contribution in [-0.4, -0.2) is 67.9 Å². The molecule has 0 saturated carbocycles. The predicted octanol–water partition coefficient (Wildman–Crippen LogP) is 1.25. The molecule has 1 unspecified atom stereocenters. The van der Waals surface area contributed by atoms with Gasteiger partial charge in [0.2, 0.25) is 11.8 Å². The molecule has 0 saturated heterocycles. The predicted molar refractivity (Wildman–Crippen MR) is 122 cm³/mol. The Balaban J connectivity index is 1.61. The summed E-state index contributed by atoms with van der Waals surface area (Å²) in [6.45, 7) is 0.296. The van der Waals surface area contributed by atoms with Gasteiger partial charge in [0.1, 0.15) is 18.7 Å². The molecule has 180 valence electrons. The number of alkyl carbamates (subject to hydrolysis) is 1. The van der Waals surface area contributed by atoms with Crippen molar-refractivity contribution in [3.8, 4) is 11.1 Å². The van der Waals surface area contributed by atoms with E-state index >= 15 is 0 Å². The fourth-order valence-electron chi connectivity index (χ4n) is 3.90. The van der Waals surface area contributed by atoms with Gasteiger partial charge in [-0.25, -0.2) is 4.79 Å². The molecule has 3 rings (SSSR count). The Hall–Kier alpha value is -3.92. The van der Waals surface area contributed by atoms with Gasteiger partial charge < -0.3 is 30.5 Å². The summed E-state index contributed by atoms with van der Waals surface area (Å²) < 4.78 is 10.6. The first-order chi connectivity index (χ1) is 16.2. The second kappa shape index (κ2) is 10.8. The number of hydrogen-bond donors (Lipinski definition) is 4. The molecule has 0 heterocycles. The lowest BCUT2D eigenvalue weighted by Gasteiger charge is -2.28. The van der Waals surface area contributed by atoms with Crippen molar-refractivity contribution in [2.45, 2.75) is 18.4 Å². The molecule has 34 heavy (non-hydrogen) atoms. The fraction of sp³-hybridized carbons (Fsp3) is 0.333. The van der Waals surface area contributed by atoms with Crippen molar-refractivity contribution in [1.82, 2.24) is 16.0 Å². The van der Waals surface area contributed by atoms with Crippen LogP contribution < -0.4 is 16.0 Å². The first kappa shape index (κ1) is 24.7. The minimum atomic E-state index is -1.52. The highest BCUT2D eigenvalue weighted by Gasteiger charge is 2.36. The van der Waals surface area contributed by atoms with E-state index in [-0.39, 0.29) is 19.1 Å². The molecular formula is C24H27N3O7. The van der Waals surface area contributed by atoms with Gasteiger partial charge in [-0.2, -0.15) is 0 Å². The molecule has 1 aliphatic carbocycles. The van der Waals surface area contributed by atoms with E-state index in [9.17, 15) is 19.2 Å². The number of methoxy groups -OCH3 is 1. The molecule has 0 bridgehead atoms. The van der Waals surface area contributed by atoms with Gasteiger partial charge >= 0.3 is 12.1 Å². The first-order valence-corrected chi connectivity index (χ1v) is 10.6. The Labute approximate surface area is 196 Å². The molecular weight excluding hydrogens is 442 g/mol. The van der Waals surface area contributed by atoms with E-state index in [1.165, 1.54) is 14.0 Å². The minimum Gasteiger partial charge on any atom is -0.480 e. The highest BCUT2D eigenvalue weighted by atomic mass is 16.5. The van der Waals surface area contributed by atoms with Crippen LogP contribution in [-0.2, 0) is 23.9 Å². The Morgan fingerprint density at radius 2 is 1.53 bits per heavy atom. The van der Waals surface area contributed by atoms with E-state index in [1.54, 1.807) is 0 Å². The third-order valence-corrected chi connectivity index (χ3v) is 5.50. The molecule has 0 aromatic heterocycles. The van der Waals surface area contributed by atoms with Crippen molar-refractivity contribution in [2.75, 3.05) is 33.4 Å². The zero-order valence-electron chi connectivity index (χ0n) is 18.9. The number of carboxylic acid groups (broad SMARTS) is 1. The lowest BCUT2D eigenvalue weighted by molar-refractivity contribution is -0.138. The first-order valence-electron chi connectivity index (χ1n) is 10.6. The summed E-state index contributed by atoms with van der Waals surface area (Å²) in [7, 11) is 1.37. The van der Waals surface area contributed by atoms with E-state index in [0.717, 1.165) is 22.3 Å². The number of ether oxygens (including phenoxy) is 2. The van der Waals surface area contributed by atoms with Crippen molar-refractivity contribution < 1.29 is 33.8 Å². The number of fused-ring (bicyclic) bond motifs is 3. The zero-order chi connectivity index (χ0) is 24.7. The summed E-state index contributed by atoms with van der Waals surface area (Å²) in [6, 6.07) is 15.8. The van der Waals surface area contributed by atoms with Crippen LogP contribution in [0.4, 0.5) is 4.79 Å². The van der Waals surface area contributed by atoms with Crippen LogP contribution >= 0.6 is 0 Å². The van der Waals surface area contributed by atoms with E-state index in [0.29, 0.717) is 0 Å². The number of hydrogen-bond acceptors (Lipinski definition) is 6. The molecule has 10 heteroatoms. The second-order valence-electron chi connectivity index (χ2n) is 8.07. The number of carbonyl (C=O) groups is 4. The molecule has 0 fully saturated rings. The van der Waals surface area contributed by atoms with E-state index < -0.39 is 42.5 Å². The summed E-state index contributed by atoms with van der Waals surface area (Å²) in [5.74, 6) is -2.72. The lowest BCUT2D eigenvalue weighted by atomic mass is 9.98. The molecule has 0 spiro atoms. The van der Waals surface area contributed by atoms with Crippen LogP contribution in [0.1, 0.15) is 24.0 Å². The average molecular weight is 469 g/mol. The van der Waals surface area contributed by atoms with Crippen molar-refractivity contribution >= 4 is 23.9 Å².